The summed E-state index contributed by atoms with van der Waals surface area (Å²) in [5.41, 5.74) is 0. The predicted octanol–water partition coefficient (Wildman–Crippen LogP) is 2.02. The van der Waals surface area contributed by atoms with Crippen LogP contribution >= 0.6 is 0 Å². The number of nitrogens with one attached hydrogen (secondary N) is 1. The van der Waals surface area contributed by atoms with Gasteiger partial charge < -0.3 is 14.8 Å². The van der Waals surface area contributed by atoms with Crippen molar-refractivity contribution in [3.05, 3.63) is 11.9 Å². The molecule has 2 atom stereocenters. The molecule has 1 aliphatic rings. The summed E-state index contributed by atoms with van der Waals surface area (Å²) in [5.74, 6) is 2.70. The van der Waals surface area contributed by atoms with Gasteiger partial charge in [0.15, 0.2) is 0 Å². The van der Waals surface area contributed by atoms with Crippen molar-refractivity contribution >= 4 is 5.82 Å². The fraction of sp³-hybridized carbons (Fsp3) is 0.692. The molecule has 1 saturated heterocycles. The first-order chi connectivity index (χ1) is 8.72. The van der Waals surface area contributed by atoms with E-state index in [0.29, 0.717) is 23.7 Å². The van der Waals surface area contributed by atoms with Crippen LogP contribution in [0.5, 0.6) is 5.88 Å². The maximum atomic E-state index is 5.67. The molecule has 0 aliphatic carbocycles. The van der Waals surface area contributed by atoms with E-state index in [0.717, 1.165) is 31.8 Å². The SMILES string of the molecule is CCC1OCCC1CNc1cc(OC)nc(C)n1. The lowest BCUT2D eigenvalue weighted by molar-refractivity contribution is 0.0900. The summed E-state index contributed by atoms with van der Waals surface area (Å²) in [6.45, 7) is 5.79. The molecule has 0 radical (unpaired) electrons. The Kier molecular flexibility index (Phi) is 4.36. The molecule has 0 aromatic carbocycles. The summed E-state index contributed by atoms with van der Waals surface area (Å²) < 4.78 is 10.8. The van der Waals surface area contributed by atoms with Gasteiger partial charge in [-0.2, -0.15) is 4.98 Å². The molecular formula is C13H21N3O2. The van der Waals surface area contributed by atoms with Crippen LogP contribution in [-0.2, 0) is 4.74 Å². The summed E-state index contributed by atoms with van der Waals surface area (Å²) in [6.07, 6.45) is 2.56. The van der Waals surface area contributed by atoms with E-state index < -0.39 is 0 Å². The van der Waals surface area contributed by atoms with Crippen molar-refractivity contribution in [1.82, 2.24) is 9.97 Å². The second-order valence-corrected chi connectivity index (χ2v) is 4.59. The zero-order valence-electron chi connectivity index (χ0n) is 11.3. The molecule has 2 heterocycles. The highest BCUT2D eigenvalue weighted by molar-refractivity contribution is 5.38. The van der Waals surface area contributed by atoms with Gasteiger partial charge in [-0.15, -0.1) is 0 Å². The topological polar surface area (TPSA) is 56.3 Å². The third-order valence-corrected chi connectivity index (χ3v) is 3.32. The molecule has 5 nitrogen and oxygen atoms in total. The lowest BCUT2D eigenvalue weighted by Gasteiger charge is -2.17. The number of methoxy groups -OCH3 is 1. The van der Waals surface area contributed by atoms with Gasteiger partial charge in [0.2, 0.25) is 5.88 Å². The minimum absolute atomic E-state index is 0.377. The molecule has 100 valence electrons. The number of aromatic nitrogens is 2. The lowest BCUT2D eigenvalue weighted by atomic mass is 10.00. The Morgan fingerprint density at radius 1 is 1.50 bits per heavy atom. The van der Waals surface area contributed by atoms with Gasteiger partial charge in [0.05, 0.1) is 13.2 Å². The van der Waals surface area contributed by atoms with Gasteiger partial charge in [-0.05, 0) is 19.8 Å². The van der Waals surface area contributed by atoms with Crippen LogP contribution < -0.4 is 10.1 Å². The largest absolute Gasteiger partial charge is 0.481 e. The Morgan fingerprint density at radius 3 is 3.06 bits per heavy atom. The Labute approximate surface area is 108 Å². The Bertz CT molecular complexity index is 398. The van der Waals surface area contributed by atoms with Crippen LogP contribution in [-0.4, -0.2) is 36.3 Å². The zero-order valence-corrected chi connectivity index (χ0v) is 11.3. The minimum atomic E-state index is 0.377. The number of aryl methyl sites for hydroxylation is 1. The summed E-state index contributed by atoms with van der Waals surface area (Å²) in [7, 11) is 1.61. The lowest BCUT2D eigenvalue weighted by Crippen LogP contribution is -2.23. The van der Waals surface area contributed by atoms with E-state index in [2.05, 4.69) is 22.2 Å². The summed E-state index contributed by atoms with van der Waals surface area (Å²) >= 11 is 0. The van der Waals surface area contributed by atoms with Crippen molar-refractivity contribution in [3.8, 4) is 5.88 Å². The number of ether oxygens (including phenoxy) is 2. The molecule has 1 aromatic rings. The van der Waals surface area contributed by atoms with Gasteiger partial charge in [0, 0.05) is 25.1 Å². The first kappa shape index (κ1) is 13.1. The maximum absolute atomic E-state index is 5.67. The van der Waals surface area contributed by atoms with Crippen LogP contribution in [0.3, 0.4) is 0 Å². The third-order valence-electron chi connectivity index (χ3n) is 3.32. The molecule has 0 bridgehead atoms. The van der Waals surface area contributed by atoms with Crippen LogP contribution in [0.4, 0.5) is 5.82 Å². The number of rotatable bonds is 5. The van der Waals surface area contributed by atoms with Gasteiger partial charge in [0.25, 0.3) is 0 Å². The van der Waals surface area contributed by atoms with E-state index in [1.807, 2.05) is 13.0 Å². The average molecular weight is 251 g/mol. The first-order valence-corrected chi connectivity index (χ1v) is 6.48. The second kappa shape index (κ2) is 6.00. The number of anilines is 1. The standard InChI is InChI=1S/C13H21N3O2/c1-4-11-10(5-6-18-11)8-14-12-7-13(17-3)16-9(2)15-12/h7,10-11H,4-6,8H2,1-3H3,(H,14,15,16). The van der Waals surface area contributed by atoms with Gasteiger partial charge in [-0.1, -0.05) is 6.92 Å². The highest BCUT2D eigenvalue weighted by Crippen LogP contribution is 2.24. The van der Waals surface area contributed by atoms with E-state index in [9.17, 15) is 0 Å². The molecule has 0 amide bonds. The third kappa shape index (κ3) is 3.10. The van der Waals surface area contributed by atoms with E-state index >= 15 is 0 Å². The van der Waals surface area contributed by atoms with Gasteiger partial charge in [0.1, 0.15) is 11.6 Å². The molecule has 2 rings (SSSR count). The van der Waals surface area contributed by atoms with Crippen molar-refractivity contribution in [2.45, 2.75) is 32.8 Å². The summed E-state index contributed by atoms with van der Waals surface area (Å²) in [5, 5.41) is 3.36. The van der Waals surface area contributed by atoms with Gasteiger partial charge >= 0.3 is 0 Å². The fourth-order valence-electron chi connectivity index (χ4n) is 2.35. The van der Waals surface area contributed by atoms with Gasteiger partial charge in [-0.25, -0.2) is 4.98 Å². The van der Waals surface area contributed by atoms with Crippen LogP contribution in [0.25, 0.3) is 0 Å². The second-order valence-electron chi connectivity index (χ2n) is 4.59. The molecule has 1 fully saturated rings. The summed E-state index contributed by atoms with van der Waals surface area (Å²) in [4.78, 5) is 8.52. The van der Waals surface area contributed by atoms with Crippen LogP contribution in [0.2, 0.25) is 0 Å². The molecule has 1 N–H and O–H groups in total. The Morgan fingerprint density at radius 2 is 2.33 bits per heavy atom. The zero-order chi connectivity index (χ0) is 13.0. The monoisotopic (exact) mass is 251 g/mol. The number of hydrogen-bond donors (Lipinski definition) is 1. The van der Waals surface area contributed by atoms with E-state index in [1.54, 1.807) is 7.11 Å². The summed E-state index contributed by atoms with van der Waals surface area (Å²) in [6, 6.07) is 1.82. The number of hydrogen-bond acceptors (Lipinski definition) is 5. The minimum Gasteiger partial charge on any atom is -0.481 e. The maximum Gasteiger partial charge on any atom is 0.218 e. The first-order valence-electron chi connectivity index (χ1n) is 6.48. The van der Waals surface area contributed by atoms with Crippen LogP contribution in [0, 0.1) is 12.8 Å². The van der Waals surface area contributed by atoms with Crippen molar-refractivity contribution in [2.24, 2.45) is 5.92 Å². The normalized spacial score (nSPS) is 23.1. The van der Waals surface area contributed by atoms with Gasteiger partial charge in [-0.3, -0.25) is 0 Å². The Balaban J connectivity index is 1.95. The van der Waals surface area contributed by atoms with E-state index in [4.69, 9.17) is 9.47 Å². The quantitative estimate of drug-likeness (QED) is 0.867. The van der Waals surface area contributed by atoms with Crippen molar-refractivity contribution in [2.75, 3.05) is 25.6 Å². The molecule has 2 unspecified atom stereocenters. The predicted molar refractivity (Wildman–Crippen MR) is 69.9 cm³/mol. The number of nitrogens with zero attached hydrogens (tertiary/aromatic N) is 2. The molecule has 5 heteroatoms. The van der Waals surface area contributed by atoms with Crippen LogP contribution in [0.15, 0.2) is 6.07 Å². The highest BCUT2D eigenvalue weighted by atomic mass is 16.5. The molecule has 0 spiro atoms. The molecular weight excluding hydrogens is 230 g/mol. The van der Waals surface area contributed by atoms with Crippen molar-refractivity contribution < 1.29 is 9.47 Å². The molecule has 1 aromatic heterocycles. The highest BCUT2D eigenvalue weighted by Gasteiger charge is 2.26. The Hall–Kier alpha value is -1.36. The molecule has 1 aliphatic heterocycles. The van der Waals surface area contributed by atoms with Crippen LogP contribution in [0.1, 0.15) is 25.6 Å². The molecule has 0 saturated carbocycles. The van der Waals surface area contributed by atoms with Crippen molar-refractivity contribution in [3.63, 3.8) is 0 Å². The van der Waals surface area contributed by atoms with E-state index in [-0.39, 0.29) is 0 Å². The van der Waals surface area contributed by atoms with Crippen molar-refractivity contribution in [1.29, 1.82) is 0 Å². The fourth-order valence-corrected chi connectivity index (χ4v) is 2.35. The molecule has 18 heavy (non-hydrogen) atoms. The van der Waals surface area contributed by atoms with E-state index in [1.165, 1.54) is 0 Å². The average Bonchev–Trinajstić information content (AvgIpc) is 2.83. The smallest absolute Gasteiger partial charge is 0.218 e.